The Morgan fingerprint density at radius 2 is 2.23 bits per heavy atom. The van der Waals surface area contributed by atoms with Gasteiger partial charge in [-0.1, -0.05) is 31.7 Å². The molecule has 0 bridgehead atoms. The molecule has 1 aliphatic carbocycles. The average Bonchev–Trinajstić information content (AvgIpc) is 2.14. The predicted molar refractivity (Wildman–Crippen MR) is 55.4 cm³/mol. The third kappa shape index (κ3) is 1.97. The van der Waals surface area contributed by atoms with Crippen molar-refractivity contribution in [2.24, 2.45) is 5.92 Å². The predicted octanol–water partition coefficient (Wildman–Crippen LogP) is 3.04. The molecular formula is C12H16O. The van der Waals surface area contributed by atoms with Gasteiger partial charge in [-0.2, -0.15) is 0 Å². The molecule has 0 amide bonds. The topological polar surface area (TPSA) is 17.1 Å². The van der Waals surface area contributed by atoms with Crippen molar-refractivity contribution in [3.05, 3.63) is 36.0 Å². The number of rotatable bonds is 1. The van der Waals surface area contributed by atoms with Crippen LogP contribution in [0.1, 0.15) is 26.7 Å². The number of hydrogen-bond donors (Lipinski definition) is 0. The summed E-state index contributed by atoms with van der Waals surface area (Å²) in [5.41, 5.74) is 2.03. The van der Waals surface area contributed by atoms with Crippen LogP contribution in [0.3, 0.4) is 0 Å². The summed E-state index contributed by atoms with van der Waals surface area (Å²) >= 11 is 0. The molecule has 0 radical (unpaired) electrons. The van der Waals surface area contributed by atoms with Gasteiger partial charge in [-0.3, -0.25) is 4.79 Å². The lowest BCUT2D eigenvalue weighted by Gasteiger charge is -2.21. The molecule has 0 heterocycles. The number of allylic oxidation sites excluding steroid dienone is 5. The highest BCUT2D eigenvalue weighted by molar-refractivity contribution is 6.02. The molecule has 0 aromatic carbocycles. The average molecular weight is 176 g/mol. The maximum absolute atomic E-state index is 11.7. The number of hydrogen-bond acceptors (Lipinski definition) is 1. The van der Waals surface area contributed by atoms with Gasteiger partial charge in [0.25, 0.3) is 0 Å². The molecule has 1 rings (SSSR count). The Bertz CT molecular complexity index is 281. The van der Waals surface area contributed by atoms with Crippen molar-refractivity contribution in [1.29, 1.82) is 0 Å². The minimum Gasteiger partial charge on any atom is -0.294 e. The highest BCUT2D eigenvalue weighted by Crippen LogP contribution is 2.29. The Labute approximate surface area is 79.8 Å². The molecule has 1 atom stereocenters. The van der Waals surface area contributed by atoms with Crippen LogP contribution in [0.5, 0.6) is 0 Å². The molecule has 1 heteroatoms. The molecule has 0 aromatic heterocycles. The van der Waals surface area contributed by atoms with Crippen LogP contribution in [0.4, 0.5) is 0 Å². The van der Waals surface area contributed by atoms with Gasteiger partial charge < -0.3 is 0 Å². The van der Waals surface area contributed by atoms with Crippen molar-refractivity contribution in [1.82, 2.24) is 0 Å². The summed E-state index contributed by atoms with van der Waals surface area (Å²) in [6.07, 6.45) is 7.54. The first-order chi connectivity index (χ1) is 6.20. The van der Waals surface area contributed by atoms with Gasteiger partial charge in [-0.05, 0) is 25.3 Å². The molecule has 70 valence electrons. The molecule has 1 nitrogen and oxygen atoms in total. The van der Waals surface area contributed by atoms with Gasteiger partial charge in [-0.25, -0.2) is 0 Å². The summed E-state index contributed by atoms with van der Waals surface area (Å²) in [6.45, 7) is 7.60. The highest BCUT2D eigenvalue weighted by Gasteiger charge is 2.25. The molecule has 0 aliphatic heterocycles. The molecule has 0 aromatic rings. The maximum Gasteiger partial charge on any atom is 0.165 e. The van der Waals surface area contributed by atoms with E-state index < -0.39 is 0 Å². The van der Waals surface area contributed by atoms with Gasteiger partial charge in [0.1, 0.15) is 0 Å². The quantitative estimate of drug-likeness (QED) is 0.561. The van der Waals surface area contributed by atoms with Crippen LogP contribution in [-0.4, -0.2) is 5.78 Å². The lowest BCUT2D eigenvalue weighted by molar-refractivity contribution is -0.119. The van der Waals surface area contributed by atoms with E-state index in [1.807, 2.05) is 26.0 Å². The van der Waals surface area contributed by atoms with E-state index in [1.165, 1.54) is 5.57 Å². The van der Waals surface area contributed by atoms with E-state index in [2.05, 4.69) is 6.58 Å². The van der Waals surface area contributed by atoms with E-state index in [9.17, 15) is 4.79 Å². The normalized spacial score (nSPS) is 29.7. The van der Waals surface area contributed by atoms with E-state index in [1.54, 1.807) is 6.08 Å². The Kier molecular flexibility index (Phi) is 3.24. The maximum atomic E-state index is 11.7. The van der Waals surface area contributed by atoms with Crippen LogP contribution in [0.25, 0.3) is 0 Å². The van der Waals surface area contributed by atoms with Crippen LogP contribution in [0.15, 0.2) is 36.0 Å². The fraction of sp³-hybridized carbons (Fsp3) is 0.417. The first-order valence-corrected chi connectivity index (χ1v) is 4.73. The molecule has 1 unspecified atom stereocenters. The van der Waals surface area contributed by atoms with E-state index >= 15 is 0 Å². The molecule has 1 fully saturated rings. The second-order valence-corrected chi connectivity index (χ2v) is 3.43. The zero-order valence-corrected chi connectivity index (χ0v) is 8.34. The van der Waals surface area contributed by atoms with Crippen molar-refractivity contribution in [3.8, 4) is 0 Å². The zero-order valence-electron chi connectivity index (χ0n) is 8.34. The molecular weight excluding hydrogens is 160 g/mol. The first-order valence-electron chi connectivity index (χ1n) is 4.73. The summed E-state index contributed by atoms with van der Waals surface area (Å²) in [7, 11) is 0. The minimum absolute atomic E-state index is 0.176. The first kappa shape index (κ1) is 9.97. The number of carbonyl (C=O) groups excluding carboxylic acids is 1. The second kappa shape index (κ2) is 4.22. The fourth-order valence-electron chi connectivity index (χ4n) is 1.67. The van der Waals surface area contributed by atoms with Gasteiger partial charge in [0, 0.05) is 11.5 Å². The fourth-order valence-corrected chi connectivity index (χ4v) is 1.67. The Hall–Kier alpha value is -1.11. The summed E-state index contributed by atoms with van der Waals surface area (Å²) in [5, 5.41) is 0. The Morgan fingerprint density at radius 3 is 2.77 bits per heavy atom. The van der Waals surface area contributed by atoms with E-state index in [-0.39, 0.29) is 11.7 Å². The van der Waals surface area contributed by atoms with E-state index in [0.717, 1.165) is 18.4 Å². The molecule has 0 spiro atoms. The zero-order chi connectivity index (χ0) is 9.84. The molecule has 0 N–H and O–H groups in total. The summed E-state index contributed by atoms with van der Waals surface area (Å²) < 4.78 is 0. The smallest absolute Gasteiger partial charge is 0.165 e. The lowest BCUT2D eigenvalue weighted by atomic mass is 9.81. The van der Waals surface area contributed by atoms with Crippen molar-refractivity contribution in [2.45, 2.75) is 26.7 Å². The Balaban J connectivity index is 3.01. The second-order valence-electron chi connectivity index (χ2n) is 3.43. The molecule has 1 aliphatic rings. The van der Waals surface area contributed by atoms with Crippen LogP contribution in [-0.2, 0) is 4.79 Å². The van der Waals surface area contributed by atoms with Crippen molar-refractivity contribution in [3.63, 3.8) is 0 Å². The Morgan fingerprint density at radius 1 is 1.54 bits per heavy atom. The summed E-state index contributed by atoms with van der Waals surface area (Å²) in [4.78, 5) is 11.7. The number of Topliss-reactive ketones (excluding diaryl/α,β-unsaturated/α-hetero) is 1. The number of carbonyl (C=O) groups is 1. The van der Waals surface area contributed by atoms with Crippen molar-refractivity contribution < 1.29 is 4.79 Å². The standard InChI is InChI=1S/C12H16O/c1-4-6-11-10(5-2)8-7-9(3)12(11)13/h4-6,9H,1,7-8H2,2-3H3/b10-5-,11-6+. The van der Waals surface area contributed by atoms with Crippen LogP contribution in [0, 0.1) is 5.92 Å². The van der Waals surface area contributed by atoms with E-state index in [0.29, 0.717) is 0 Å². The third-order valence-electron chi connectivity index (χ3n) is 2.54. The summed E-state index contributed by atoms with van der Waals surface area (Å²) in [5.74, 6) is 0.439. The highest BCUT2D eigenvalue weighted by atomic mass is 16.1. The van der Waals surface area contributed by atoms with Gasteiger partial charge in [-0.15, -0.1) is 0 Å². The van der Waals surface area contributed by atoms with Crippen molar-refractivity contribution in [2.75, 3.05) is 0 Å². The van der Waals surface area contributed by atoms with Crippen LogP contribution < -0.4 is 0 Å². The van der Waals surface area contributed by atoms with Gasteiger partial charge >= 0.3 is 0 Å². The molecule has 1 saturated carbocycles. The van der Waals surface area contributed by atoms with Gasteiger partial charge in [0.05, 0.1) is 0 Å². The van der Waals surface area contributed by atoms with Crippen LogP contribution in [0.2, 0.25) is 0 Å². The minimum atomic E-state index is 0.176. The largest absolute Gasteiger partial charge is 0.294 e. The molecule has 13 heavy (non-hydrogen) atoms. The third-order valence-corrected chi connectivity index (χ3v) is 2.54. The van der Waals surface area contributed by atoms with Crippen LogP contribution >= 0.6 is 0 Å². The van der Waals surface area contributed by atoms with Crippen molar-refractivity contribution >= 4 is 5.78 Å². The molecule has 0 saturated heterocycles. The lowest BCUT2D eigenvalue weighted by Crippen LogP contribution is -2.20. The van der Waals surface area contributed by atoms with Gasteiger partial charge in [0.2, 0.25) is 0 Å². The van der Waals surface area contributed by atoms with E-state index in [4.69, 9.17) is 0 Å². The van der Waals surface area contributed by atoms with Gasteiger partial charge in [0.15, 0.2) is 5.78 Å². The SMILES string of the molecule is C=C/C=C1/C(=O)C(C)CC/C1=C/C. The monoisotopic (exact) mass is 176 g/mol. The number of ketones is 1. The summed E-state index contributed by atoms with van der Waals surface area (Å²) in [6, 6.07) is 0.